The number of H-pyrrole nitrogens is 1. The molecular formula is C15H18N2O2. The van der Waals surface area contributed by atoms with Crippen molar-refractivity contribution in [1.29, 1.82) is 0 Å². The molecule has 0 atom stereocenters. The third-order valence-electron chi connectivity index (χ3n) is 3.06. The van der Waals surface area contributed by atoms with Crippen molar-refractivity contribution in [2.45, 2.75) is 25.7 Å². The van der Waals surface area contributed by atoms with Gasteiger partial charge in [-0.3, -0.25) is 0 Å². The number of nitrogens with one attached hydrogen (secondary N) is 1. The maximum Gasteiger partial charge on any atom is 0.337 e. The molecule has 0 aliphatic heterocycles. The summed E-state index contributed by atoms with van der Waals surface area (Å²) in [4.78, 5) is 18.6. The van der Waals surface area contributed by atoms with Crippen LogP contribution < -0.4 is 0 Å². The molecule has 0 saturated heterocycles. The largest absolute Gasteiger partial charge is 0.465 e. The molecule has 0 amide bonds. The second-order valence-electron chi connectivity index (χ2n) is 4.43. The van der Waals surface area contributed by atoms with Gasteiger partial charge in [0.2, 0.25) is 0 Å². The van der Waals surface area contributed by atoms with Gasteiger partial charge in [0.05, 0.1) is 12.7 Å². The van der Waals surface area contributed by atoms with E-state index in [0.717, 1.165) is 31.5 Å². The Bertz CT molecular complexity index is 503. The van der Waals surface area contributed by atoms with Crippen LogP contribution in [0.5, 0.6) is 0 Å². The number of ether oxygens (including phenoxy) is 1. The van der Waals surface area contributed by atoms with E-state index < -0.39 is 0 Å². The first-order valence-electron chi connectivity index (χ1n) is 6.45. The van der Waals surface area contributed by atoms with Crippen LogP contribution in [0.25, 0.3) is 0 Å². The summed E-state index contributed by atoms with van der Waals surface area (Å²) >= 11 is 0. The normalized spacial score (nSPS) is 10.4. The number of aromatic nitrogens is 2. The Balaban J connectivity index is 1.75. The van der Waals surface area contributed by atoms with Gasteiger partial charge in [-0.05, 0) is 37.0 Å². The SMILES string of the molecule is COC(=O)c1ccc(CCCCc2ncc[nH]2)cc1. The number of nitrogens with zero attached hydrogens (tertiary/aromatic N) is 1. The molecule has 1 aromatic carbocycles. The van der Waals surface area contributed by atoms with Crippen LogP contribution in [0.2, 0.25) is 0 Å². The number of unbranched alkanes of at least 4 members (excludes halogenated alkanes) is 1. The molecule has 2 rings (SSSR count). The first-order chi connectivity index (χ1) is 9.29. The summed E-state index contributed by atoms with van der Waals surface area (Å²) in [5.74, 6) is 0.755. The molecular weight excluding hydrogens is 240 g/mol. The number of carbonyl (C=O) groups is 1. The van der Waals surface area contributed by atoms with Crippen molar-refractivity contribution in [3.8, 4) is 0 Å². The Morgan fingerprint density at radius 2 is 1.95 bits per heavy atom. The van der Waals surface area contributed by atoms with Crippen LogP contribution in [-0.2, 0) is 17.6 Å². The lowest BCUT2D eigenvalue weighted by atomic mass is 10.1. The number of carbonyl (C=O) groups excluding carboxylic acids is 1. The monoisotopic (exact) mass is 258 g/mol. The Labute approximate surface area is 112 Å². The highest BCUT2D eigenvalue weighted by molar-refractivity contribution is 5.89. The highest BCUT2D eigenvalue weighted by atomic mass is 16.5. The van der Waals surface area contributed by atoms with Gasteiger partial charge in [-0.15, -0.1) is 0 Å². The molecule has 100 valence electrons. The molecule has 1 heterocycles. The van der Waals surface area contributed by atoms with Crippen molar-refractivity contribution in [3.05, 3.63) is 53.6 Å². The molecule has 19 heavy (non-hydrogen) atoms. The van der Waals surface area contributed by atoms with E-state index in [1.165, 1.54) is 12.7 Å². The van der Waals surface area contributed by atoms with Gasteiger partial charge in [0.25, 0.3) is 0 Å². The first kappa shape index (κ1) is 13.3. The zero-order valence-electron chi connectivity index (χ0n) is 11.1. The maximum absolute atomic E-state index is 11.3. The van der Waals surface area contributed by atoms with Crippen LogP contribution in [0.4, 0.5) is 0 Å². The maximum atomic E-state index is 11.3. The Hall–Kier alpha value is -2.10. The zero-order chi connectivity index (χ0) is 13.5. The van der Waals surface area contributed by atoms with E-state index in [1.54, 1.807) is 6.20 Å². The van der Waals surface area contributed by atoms with Crippen molar-refractivity contribution >= 4 is 5.97 Å². The number of aromatic amines is 1. The standard InChI is InChI=1S/C15H18N2O2/c1-19-15(18)13-8-6-12(7-9-13)4-2-3-5-14-16-10-11-17-14/h6-11H,2-5H2,1H3,(H,16,17). The fourth-order valence-electron chi connectivity index (χ4n) is 1.98. The predicted octanol–water partition coefficient (Wildman–Crippen LogP) is 2.76. The first-order valence-corrected chi connectivity index (χ1v) is 6.45. The van der Waals surface area contributed by atoms with Gasteiger partial charge in [0, 0.05) is 18.8 Å². The number of hydrogen-bond donors (Lipinski definition) is 1. The van der Waals surface area contributed by atoms with Crippen molar-refractivity contribution in [2.75, 3.05) is 7.11 Å². The minimum Gasteiger partial charge on any atom is -0.465 e. The van der Waals surface area contributed by atoms with E-state index in [2.05, 4.69) is 14.7 Å². The molecule has 0 unspecified atom stereocenters. The molecule has 4 heteroatoms. The van der Waals surface area contributed by atoms with Gasteiger partial charge in [-0.25, -0.2) is 9.78 Å². The summed E-state index contributed by atoms with van der Waals surface area (Å²) in [6.45, 7) is 0. The highest BCUT2D eigenvalue weighted by Gasteiger charge is 2.04. The zero-order valence-corrected chi connectivity index (χ0v) is 11.1. The van der Waals surface area contributed by atoms with Crippen LogP contribution in [-0.4, -0.2) is 23.0 Å². The Morgan fingerprint density at radius 3 is 2.58 bits per heavy atom. The molecule has 0 saturated carbocycles. The number of esters is 1. The summed E-state index contributed by atoms with van der Waals surface area (Å²) < 4.78 is 4.67. The van der Waals surface area contributed by atoms with Gasteiger partial charge in [0.15, 0.2) is 0 Å². The lowest BCUT2D eigenvalue weighted by Crippen LogP contribution is -2.00. The molecule has 0 aliphatic rings. The van der Waals surface area contributed by atoms with Crippen LogP contribution in [0.15, 0.2) is 36.7 Å². The van der Waals surface area contributed by atoms with Crippen molar-refractivity contribution < 1.29 is 9.53 Å². The number of rotatable bonds is 6. The summed E-state index contributed by atoms with van der Waals surface area (Å²) in [7, 11) is 1.39. The second-order valence-corrected chi connectivity index (χ2v) is 4.43. The smallest absolute Gasteiger partial charge is 0.337 e. The van der Waals surface area contributed by atoms with Crippen LogP contribution >= 0.6 is 0 Å². The molecule has 0 spiro atoms. The number of methoxy groups -OCH3 is 1. The molecule has 1 aromatic heterocycles. The Morgan fingerprint density at radius 1 is 1.21 bits per heavy atom. The van der Waals surface area contributed by atoms with E-state index >= 15 is 0 Å². The molecule has 1 N–H and O–H groups in total. The van der Waals surface area contributed by atoms with Gasteiger partial charge < -0.3 is 9.72 Å². The summed E-state index contributed by atoms with van der Waals surface area (Å²) in [5, 5.41) is 0. The summed E-state index contributed by atoms with van der Waals surface area (Å²) in [6.07, 6.45) is 7.84. The molecule has 2 aromatic rings. The average Bonchev–Trinajstić information content (AvgIpc) is 2.96. The quantitative estimate of drug-likeness (QED) is 0.640. The van der Waals surface area contributed by atoms with E-state index in [4.69, 9.17) is 0 Å². The van der Waals surface area contributed by atoms with Crippen LogP contribution in [0.3, 0.4) is 0 Å². The van der Waals surface area contributed by atoms with Crippen molar-refractivity contribution in [3.63, 3.8) is 0 Å². The average molecular weight is 258 g/mol. The van der Waals surface area contributed by atoms with Gasteiger partial charge in [-0.1, -0.05) is 12.1 Å². The Kier molecular flexibility index (Phi) is 4.72. The number of hydrogen-bond acceptors (Lipinski definition) is 3. The van der Waals surface area contributed by atoms with Crippen LogP contribution in [0, 0.1) is 0 Å². The predicted molar refractivity (Wildman–Crippen MR) is 73.0 cm³/mol. The minimum atomic E-state index is -0.288. The van der Waals surface area contributed by atoms with E-state index in [0.29, 0.717) is 5.56 Å². The number of aryl methyl sites for hydroxylation is 2. The number of benzene rings is 1. The van der Waals surface area contributed by atoms with Crippen LogP contribution in [0.1, 0.15) is 34.6 Å². The summed E-state index contributed by atoms with van der Waals surface area (Å²) in [6, 6.07) is 7.60. The lowest BCUT2D eigenvalue weighted by molar-refractivity contribution is 0.0600. The lowest BCUT2D eigenvalue weighted by Gasteiger charge is -2.03. The highest BCUT2D eigenvalue weighted by Crippen LogP contribution is 2.10. The minimum absolute atomic E-state index is 0.288. The number of imidazole rings is 1. The van der Waals surface area contributed by atoms with Gasteiger partial charge in [0.1, 0.15) is 5.82 Å². The molecule has 4 nitrogen and oxygen atoms in total. The molecule has 0 fully saturated rings. The summed E-state index contributed by atoms with van der Waals surface area (Å²) in [5.41, 5.74) is 1.84. The topological polar surface area (TPSA) is 55.0 Å². The van der Waals surface area contributed by atoms with Gasteiger partial charge >= 0.3 is 5.97 Å². The van der Waals surface area contributed by atoms with Crippen molar-refractivity contribution in [1.82, 2.24) is 9.97 Å². The van der Waals surface area contributed by atoms with E-state index in [9.17, 15) is 4.79 Å². The third-order valence-corrected chi connectivity index (χ3v) is 3.06. The molecule has 0 aliphatic carbocycles. The van der Waals surface area contributed by atoms with Crippen molar-refractivity contribution in [2.24, 2.45) is 0 Å². The van der Waals surface area contributed by atoms with E-state index in [1.807, 2.05) is 30.5 Å². The third kappa shape index (κ3) is 3.95. The fourth-order valence-corrected chi connectivity index (χ4v) is 1.98. The fraction of sp³-hybridized carbons (Fsp3) is 0.333. The van der Waals surface area contributed by atoms with E-state index in [-0.39, 0.29) is 5.97 Å². The molecule has 0 bridgehead atoms. The van der Waals surface area contributed by atoms with Gasteiger partial charge in [-0.2, -0.15) is 0 Å². The second kappa shape index (κ2) is 6.73. The molecule has 0 radical (unpaired) electrons.